The standard InChI is InChI=1S/C20H22BrNO2/c1-15-6-2-3-7-19(15)24-13-5-4-12-22-18-10-9-17(21)14-16(18)8-11-20(22)23/h2-3,6-7,9-10,14H,4-5,8,11-13H2,1H3. The van der Waals surface area contributed by atoms with Crippen LogP contribution in [0.1, 0.15) is 30.4 Å². The average molecular weight is 388 g/mol. The van der Waals surface area contributed by atoms with Crippen molar-refractivity contribution < 1.29 is 9.53 Å². The second-order valence-corrected chi connectivity index (χ2v) is 7.06. The molecular weight excluding hydrogens is 366 g/mol. The van der Waals surface area contributed by atoms with Crippen LogP contribution in [0, 0.1) is 6.92 Å². The number of unbranched alkanes of at least 4 members (excludes halogenated alkanes) is 1. The first-order chi connectivity index (χ1) is 11.6. The van der Waals surface area contributed by atoms with Crippen LogP contribution in [0.15, 0.2) is 46.9 Å². The van der Waals surface area contributed by atoms with Crippen LogP contribution in [0.25, 0.3) is 0 Å². The number of hydrogen-bond donors (Lipinski definition) is 0. The van der Waals surface area contributed by atoms with E-state index in [-0.39, 0.29) is 5.91 Å². The highest BCUT2D eigenvalue weighted by molar-refractivity contribution is 9.10. The van der Waals surface area contributed by atoms with Crippen molar-refractivity contribution in [2.45, 2.75) is 32.6 Å². The number of benzene rings is 2. The van der Waals surface area contributed by atoms with Gasteiger partial charge in [0.25, 0.3) is 0 Å². The summed E-state index contributed by atoms with van der Waals surface area (Å²) in [6, 6.07) is 14.2. The first-order valence-electron chi connectivity index (χ1n) is 8.42. The summed E-state index contributed by atoms with van der Waals surface area (Å²) in [6.07, 6.45) is 3.31. The monoisotopic (exact) mass is 387 g/mol. The molecule has 0 bridgehead atoms. The third-order valence-electron chi connectivity index (χ3n) is 4.37. The molecule has 0 saturated carbocycles. The summed E-state index contributed by atoms with van der Waals surface area (Å²) < 4.78 is 6.90. The van der Waals surface area contributed by atoms with Crippen molar-refractivity contribution in [3.8, 4) is 5.75 Å². The van der Waals surface area contributed by atoms with Crippen molar-refractivity contribution in [3.05, 3.63) is 58.1 Å². The first kappa shape index (κ1) is 17.0. The van der Waals surface area contributed by atoms with E-state index in [0.29, 0.717) is 13.0 Å². The van der Waals surface area contributed by atoms with E-state index in [4.69, 9.17) is 4.74 Å². The summed E-state index contributed by atoms with van der Waals surface area (Å²) in [6.45, 7) is 3.49. The highest BCUT2D eigenvalue weighted by Gasteiger charge is 2.23. The molecule has 0 aromatic heterocycles. The molecule has 24 heavy (non-hydrogen) atoms. The lowest BCUT2D eigenvalue weighted by Gasteiger charge is -2.29. The molecule has 0 aliphatic carbocycles. The Morgan fingerprint density at radius 2 is 1.96 bits per heavy atom. The van der Waals surface area contributed by atoms with E-state index in [1.165, 1.54) is 5.56 Å². The summed E-state index contributed by atoms with van der Waals surface area (Å²) in [5.41, 5.74) is 3.47. The quantitative estimate of drug-likeness (QED) is 0.659. The number of amides is 1. The Bertz CT molecular complexity index is 729. The van der Waals surface area contributed by atoms with E-state index in [9.17, 15) is 4.79 Å². The van der Waals surface area contributed by atoms with Gasteiger partial charge in [0.15, 0.2) is 0 Å². The maximum atomic E-state index is 12.3. The van der Waals surface area contributed by atoms with Crippen LogP contribution in [-0.2, 0) is 11.2 Å². The van der Waals surface area contributed by atoms with Gasteiger partial charge in [-0.2, -0.15) is 0 Å². The SMILES string of the molecule is Cc1ccccc1OCCCCN1C(=O)CCc2cc(Br)ccc21. The van der Waals surface area contributed by atoms with Crippen LogP contribution in [-0.4, -0.2) is 19.1 Å². The number of rotatable bonds is 6. The van der Waals surface area contributed by atoms with Crippen LogP contribution in [0.3, 0.4) is 0 Å². The zero-order valence-electron chi connectivity index (χ0n) is 13.9. The van der Waals surface area contributed by atoms with E-state index in [1.54, 1.807) is 0 Å². The fraction of sp³-hybridized carbons (Fsp3) is 0.350. The Hall–Kier alpha value is -1.81. The Labute approximate surface area is 151 Å². The fourth-order valence-corrected chi connectivity index (χ4v) is 3.45. The van der Waals surface area contributed by atoms with Crippen molar-refractivity contribution in [2.75, 3.05) is 18.1 Å². The molecule has 1 aliphatic rings. The van der Waals surface area contributed by atoms with Gasteiger partial charge in [-0.1, -0.05) is 34.1 Å². The highest BCUT2D eigenvalue weighted by atomic mass is 79.9. The normalized spacial score (nSPS) is 13.8. The predicted octanol–water partition coefficient (Wildman–Crippen LogP) is 4.90. The van der Waals surface area contributed by atoms with E-state index in [0.717, 1.165) is 47.3 Å². The lowest BCUT2D eigenvalue weighted by molar-refractivity contribution is -0.118. The molecule has 0 radical (unpaired) electrons. The van der Waals surface area contributed by atoms with Gasteiger partial charge in [0.05, 0.1) is 6.61 Å². The number of hydrogen-bond acceptors (Lipinski definition) is 2. The Kier molecular flexibility index (Phi) is 5.56. The second-order valence-electron chi connectivity index (χ2n) is 6.14. The van der Waals surface area contributed by atoms with Crippen molar-refractivity contribution in [1.29, 1.82) is 0 Å². The third-order valence-corrected chi connectivity index (χ3v) is 4.86. The summed E-state index contributed by atoms with van der Waals surface area (Å²) >= 11 is 3.51. The van der Waals surface area contributed by atoms with Gasteiger partial charge >= 0.3 is 0 Å². The van der Waals surface area contributed by atoms with Crippen LogP contribution in [0.2, 0.25) is 0 Å². The molecule has 1 amide bonds. The van der Waals surface area contributed by atoms with Crippen LogP contribution < -0.4 is 9.64 Å². The van der Waals surface area contributed by atoms with Crippen molar-refractivity contribution in [1.82, 2.24) is 0 Å². The Morgan fingerprint density at radius 1 is 1.12 bits per heavy atom. The van der Waals surface area contributed by atoms with Gasteiger partial charge < -0.3 is 9.64 Å². The molecule has 1 aliphatic heterocycles. The van der Waals surface area contributed by atoms with Gasteiger partial charge in [0.2, 0.25) is 5.91 Å². The summed E-state index contributed by atoms with van der Waals surface area (Å²) in [5, 5.41) is 0. The maximum absolute atomic E-state index is 12.3. The zero-order valence-corrected chi connectivity index (χ0v) is 15.5. The molecule has 0 saturated heterocycles. The van der Waals surface area contributed by atoms with E-state index >= 15 is 0 Å². The average Bonchev–Trinajstić information content (AvgIpc) is 2.58. The molecule has 0 unspecified atom stereocenters. The summed E-state index contributed by atoms with van der Waals surface area (Å²) in [5.74, 6) is 1.17. The number of para-hydroxylation sites is 1. The maximum Gasteiger partial charge on any atom is 0.227 e. The molecule has 3 nitrogen and oxygen atoms in total. The number of carbonyl (C=O) groups is 1. The van der Waals surface area contributed by atoms with Gasteiger partial charge in [-0.3, -0.25) is 4.79 Å². The number of fused-ring (bicyclic) bond motifs is 1. The smallest absolute Gasteiger partial charge is 0.227 e. The number of nitrogens with zero attached hydrogens (tertiary/aromatic N) is 1. The number of aryl methyl sites for hydroxylation is 2. The first-order valence-corrected chi connectivity index (χ1v) is 9.21. The van der Waals surface area contributed by atoms with Crippen LogP contribution >= 0.6 is 15.9 Å². The molecular formula is C20H22BrNO2. The topological polar surface area (TPSA) is 29.5 Å². The minimum Gasteiger partial charge on any atom is -0.493 e. The molecule has 126 valence electrons. The number of anilines is 1. The van der Waals surface area contributed by atoms with Gasteiger partial charge in [-0.05, 0) is 61.6 Å². The third kappa shape index (κ3) is 3.99. The van der Waals surface area contributed by atoms with Gasteiger partial charge in [-0.15, -0.1) is 0 Å². The number of ether oxygens (including phenoxy) is 1. The molecule has 0 spiro atoms. The second kappa shape index (κ2) is 7.84. The van der Waals surface area contributed by atoms with Crippen molar-refractivity contribution in [3.63, 3.8) is 0 Å². The van der Waals surface area contributed by atoms with E-state index < -0.39 is 0 Å². The van der Waals surface area contributed by atoms with Gasteiger partial charge in [-0.25, -0.2) is 0 Å². The lowest BCUT2D eigenvalue weighted by Crippen LogP contribution is -2.36. The molecule has 1 heterocycles. The molecule has 0 fully saturated rings. The van der Waals surface area contributed by atoms with Crippen molar-refractivity contribution in [2.24, 2.45) is 0 Å². The minimum atomic E-state index is 0.227. The Balaban J connectivity index is 1.52. The molecule has 0 atom stereocenters. The van der Waals surface area contributed by atoms with E-state index in [1.807, 2.05) is 35.2 Å². The number of halogens is 1. The minimum absolute atomic E-state index is 0.227. The van der Waals surface area contributed by atoms with Crippen LogP contribution in [0.5, 0.6) is 5.75 Å². The van der Waals surface area contributed by atoms with Crippen molar-refractivity contribution >= 4 is 27.5 Å². The van der Waals surface area contributed by atoms with Gasteiger partial charge in [0, 0.05) is 23.1 Å². The molecule has 4 heteroatoms. The predicted molar refractivity (Wildman–Crippen MR) is 101 cm³/mol. The lowest BCUT2D eigenvalue weighted by atomic mass is 10.0. The fourth-order valence-electron chi connectivity index (χ4n) is 3.05. The zero-order chi connectivity index (χ0) is 16.9. The highest BCUT2D eigenvalue weighted by Crippen LogP contribution is 2.30. The molecule has 2 aromatic rings. The van der Waals surface area contributed by atoms with Gasteiger partial charge in [0.1, 0.15) is 5.75 Å². The number of carbonyl (C=O) groups excluding carboxylic acids is 1. The largest absolute Gasteiger partial charge is 0.493 e. The summed E-state index contributed by atoms with van der Waals surface area (Å²) in [7, 11) is 0. The Morgan fingerprint density at radius 3 is 2.79 bits per heavy atom. The van der Waals surface area contributed by atoms with E-state index in [2.05, 4.69) is 35.0 Å². The van der Waals surface area contributed by atoms with Crippen LogP contribution in [0.4, 0.5) is 5.69 Å². The molecule has 0 N–H and O–H groups in total. The molecule has 3 rings (SSSR count). The summed E-state index contributed by atoms with van der Waals surface area (Å²) in [4.78, 5) is 14.2. The molecule has 2 aromatic carbocycles.